The Morgan fingerprint density at radius 3 is 2.40 bits per heavy atom. The average Bonchev–Trinajstić information content (AvgIpc) is 2.85. The van der Waals surface area contributed by atoms with Crippen LogP contribution in [0.1, 0.15) is 63.9 Å². The standard InChI is InChI=1S/C27H33Cl3N2O3/c1-2-25(27(34)31-21-7-4-3-5-8-21)32(18-19-10-15-23(29)24(30)17-19)26(33)9-6-16-35-22-13-11-20(28)12-14-22/h10-15,17,21,25H,2-9,16,18H2,1H3,(H,31,34)/t25-/m1/s1. The number of hydrogen-bond acceptors (Lipinski definition) is 3. The van der Waals surface area contributed by atoms with Crippen molar-refractivity contribution in [2.75, 3.05) is 6.61 Å². The van der Waals surface area contributed by atoms with Crippen molar-refractivity contribution in [2.45, 2.75) is 76.9 Å². The van der Waals surface area contributed by atoms with Crippen molar-refractivity contribution in [3.8, 4) is 5.75 Å². The Balaban J connectivity index is 1.67. The molecule has 1 fully saturated rings. The summed E-state index contributed by atoms with van der Waals surface area (Å²) in [5.41, 5.74) is 0.828. The maximum atomic E-state index is 13.4. The summed E-state index contributed by atoms with van der Waals surface area (Å²) in [6, 6.07) is 12.0. The van der Waals surface area contributed by atoms with Gasteiger partial charge in [0.25, 0.3) is 0 Å². The molecule has 0 aromatic heterocycles. The van der Waals surface area contributed by atoms with Crippen LogP contribution < -0.4 is 10.1 Å². The average molecular weight is 540 g/mol. The van der Waals surface area contributed by atoms with Crippen LogP contribution >= 0.6 is 34.8 Å². The molecule has 1 aliphatic carbocycles. The topological polar surface area (TPSA) is 58.6 Å². The lowest BCUT2D eigenvalue weighted by atomic mass is 9.95. The number of hydrogen-bond donors (Lipinski definition) is 1. The number of halogens is 3. The molecule has 2 aromatic carbocycles. The molecule has 0 aliphatic heterocycles. The number of benzene rings is 2. The molecule has 1 N–H and O–H groups in total. The number of ether oxygens (including phenoxy) is 1. The minimum Gasteiger partial charge on any atom is -0.494 e. The van der Waals surface area contributed by atoms with Gasteiger partial charge >= 0.3 is 0 Å². The third kappa shape index (κ3) is 8.59. The van der Waals surface area contributed by atoms with E-state index in [0.717, 1.165) is 31.2 Å². The number of carbonyl (C=O) groups excluding carboxylic acids is 2. The zero-order valence-electron chi connectivity index (χ0n) is 20.1. The Bertz CT molecular complexity index is 978. The summed E-state index contributed by atoms with van der Waals surface area (Å²) < 4.78 is 5.73. The second-order valence-electron chi connectivity index (χ2n) is 8.94. The second-order valence-corrected chi connectivity index (χ2v) is 10.2. The van der Waals surface area contributed by atoms with Gasteiger partial charge in [-0.05, 0) is 67.6 Å². The lowest BCUT2D eigenvalue weighted by molar-refractivity contribution is -0.142. The predicted octanol–water partition coefficient (Wildman–Crippen LogP) is 7.06. The van der Waals surface area contributed by atoms with E-state index in [0.29, 0.717) is 40.3 Å². The van der Waals surface area contributed by atoms with Crippen molar-refractivity contribution in [3.63, 3.8) is 0 Å². The Hall–Kier alpha value is -1.95. The summed E-state index contributed by atoms with van der Waals surface area (Å²) in [5, 5.41) is 4.71. The zero-order chi connectivity index (χ0) is 25.2. The van der Waals surface area contributed by atoms with Gasteiger partial charge in [0.1, 0.15) is 11.8 Å². The number of nitrogens with one attached hydrogen (secondary N) is 1. The Morgan fingerprint density at radius 1 is 1.03 bits per heavy atom. The van der Waals surface area contributed by atoms with E-state index in [1.807, 2.05) is 13.0 Å². The molecule has 1 aliphatic rings. The van der Waals surface area contributed by atoms with E-state index in [9.17, 15) is 9.59 Å². The summed E-state index contributed by atoms with van der Waals surface area (Å²) in [6.45, 7) is 2.60. The third-order valence-corrected chi connectivity index (χ3v) is 7.28. The fourth-order valence-electron chi connectivity index (χ4n) is 4.39. The molecule has 5 nitrogen and oxygen atoms in total. The van der Waals surface area contributed by atoms with Crippen LogP contribution in [0.15, 0.2) is 42.5 Å². The van der Waals surface area contributed by atoms with Crippen molar-refractivity contribution in [1.29, 1.82) is 0 Å². The number of rotatable bonds is 11. The molecule has 8 heteroatoms. The lowest BCUT2D eigenvalue weighted by Crippen LogP contribution is -2.51. The van der Waals surface area contributed by atoms with E-state index in [2.05, 4.69) is 5.32 Å². The van der Waals surface area contributed by atoms with Crippen molar-refractivity contribution in [3.05, 3.63) is 63.1 Å². The quantitative estimate of drug-likeness (QED) is 0.311. The summed E-state index contributed by atoms with van der Waals surface area (Å²) in [5.74, 6) is 0.513. The summed E-state index contributed by atoms with van der Waals surface area (Å²) >= 11 is 18.2. The van der Waals surface area contributed by atoms with E-state index in [4.69, 9.17) is 39.5 Å². The van der Waals surface area contributed by atoms with Crippen molar-refractivity contribution in [1.82, 2.24) is 10.2 Å². The molecule has 0 heterocycles. The van der Waals surface area contributed by atoms with E-state index in [1.54, 1.807) is 41.3 Å². The van der Waals surface area contributed by atoms with E-state index < -0.39 is 6.04 Å². The molecule has 1 saturated carbocycles. The second kappa shape index (κ2) is 14.0. The number of amides is 2. The highest BCUT2D eigenvalue weighted by Crippen LogP contribution is 2.25. The van der Waals surface area contributed by atoms with Crippen LogP contribution in [-0.4, -0.2) is 35.4 Å². The molecule has 190 valence electrons. The molecule has 0 bridgehead atoms. The molecule has 3 rings (SSSR count). The minimum atomic E-state index is -0.559. The molecule has 2 aromatic rings. The van der Waals surface area contributed by atoms with Gasteiger partial charge in [0, 0.05) is 24.0 Å². The summed E-state index contributed by atoms with van der Waals surface area (Å²) in [6.07, 6.45) is 6.76. The number of carbonyl (C=O) groups is 2. The zero-order valence-corrected chi connectivity index (χ0v) is 22.3. The monoisotopic (exact) mass is 538 g/mol. The van der Waals surface area contributed by atoms with Crippen molar-refractivity contribution in [2.24, 2.45) is 0 Å². The predicted molar refractivity (Wildman–Crippen MR) is 142 cm³/mol. The summed E-state index contributed by atoms with van der Waals surface area (Å²) in [4.78, 5) is 28.3. The fraction of sp³-hybridized carbons (Fsp3) is 0.481. The SMILES string of the molecule is CC[C@H](C(=O)NC1CCCCC1)N(Cc1ccc(Cl)c(Cl)c1)C(=O)CCCOc1ccc(Cl)cc1. The van der Waals surface area contributed by atoms with Crippen LogP contribution in [0.2, 0.25) is 15.1 Å². The molecular formula is C27H33Cl3N2O3. The molecule has 0 unspecified atom stereocenters. The molecule has 0 saturated heterocycles. The fourth-order valence-corrected chi connectivity index (χ4v) is 4.83. The maximum Gasteiger partial charge on any atom is 0.243 e. The minimum absolute atomic E-state index is 0.0924. The van der Waals surface area contributed by atoms with Gasteiger partial charge in [-0.25, -0.2) is 0 Å². The van der Waals surface area contributed by atoms with Gasteiger partial charge in [-0.15, -0.1) is 0 Å². The van der Waals surface area contributed by atoms with Crippen LogP contribution in [0.5, 0.6) is 5.75 Å². The lowest BCUT2D eigenvalue weighted by Gasteiger charge is -2.33. The molecule has 35 heavy (non-hydrogen) atoms. The Morgan fingerprint density at radius 2 is 1.74 bits per heavy atom. The van der Waals surface area contributed by atoms with E-state index in [1.165, 1.54) is 6.42 Å². The van der Waals surface area contributed by atoms with Crippen LogP contribution in [-0.2, 0) is 16.1 Å². The largest absolute Gasteiger partial charge is 0.494 e. The normalized spacial score (nSPS) is 14.9. The van der Waals surface area contributed by atoms with Gasteiger partial charge in [-0.1, -0.05) is 67.1 Å². The van der Waals surface area contributed by atoms with Crippen molar-refractivity contribution < 1.29 is 14.3 Å². The Kier molecular flexibility index (Phi) is 11.0. The first-order valence-electron chi connectivity index (χ1n) is 12.3. The molecular weight excluding hydrogens is 507 g/mol. The third-order valence-electron chi connectivity index (χ3n) is 6.29. The van der Waals surface area contributed by atoms with Crippen LogP contribution in [0.4, 0.5) is 0 Å². The molecule has 0 spiro atoms. The van der Waals surface area contributed by atoms with Gasteiger partial charge < -0.3 is 15.0 Å². The van der Waals surface area contributed by atoms with Gasteiger partial charge in [0.05, 0.1) is 16.7 Å². The molecule has 0 radical (unpaired) electrons. The van der Waals surface area contributed by atoms with E-state index in [-0.39, 0.29) is 30.8 Å². The first-order valence-corrected chi connectivity index (χ1v) is 13.4. The van der Waals surface area contributed by atoms with Crippen molar-refractivity contribution >= 4 is 46.6 Å². The molecule has 2 amide bonds. The highest BCUT2D eigenvalue weighted by Gasteiger charge is 2.30. The maximum absolute atomic E-state index is 13.4. The van der Waals surface area contributed by atoms with Crippen LogP contribution in [0.3, 0.4) is 0 Å². The van der Waals surface area contributed by atoms with E-state index >= 15 is 0 Å². The first kappa shape index (κ1) is 27.6. The highest BCUT2D eigenvalue weighted by atomic mass is 35.5. The summed E-state index contributed by atoms with van der Waals surface area (Å²) in [7, 11) is 0. The van der Waals surface area contributed by atoms with Crippen LogP contribution in [0.25, 0.3) is 0 Å². The number of nitrogens with zero attached hydrogens (tertiary/aromatic N) is 1. The van der Waals surface area contributed by atoms with Gasteiger partial charge in [-0.3, -0.25) is 9.59 Å². The smallest absolute Gasteiger partial charge is 0.243 e. The first-order chi connectivity index (χ1) is 16.9. The highest BCUT2D eigenvalue weighted by molar-refractivity contribution is 6.42. The van der Waals surface area contributed by atoms with Gasteiger partial charge in [-0.2, -0.15) is 0 Å². The van der Waals surface area contributed by atoms with Gasteiger partial charge in [0.15, 0.2) is 0 Å². The van der Waals surface area contributed by atoms with Gasteiger partial charge in [0.2, 0.25) is 11.8 Å². The molecule has 1 atom stereocenters. The Labute approximate surface area is 223 Å². The van der Waals surface area contributed by atoms with Crippen LogP contribution in [0, 0.1) is 0 Å².